The lowest BCUT2D eigenvalue weighted by Crippen LogP contribution is -2.30. The van der Waals surface area contributed by atoms with Crippen LogP contribution in [0.1, 0.15) is 32.4 Å². The number of rotatable bonds is 7. The van der Waals surface area contributed by atoms with Crippen LogP contribution >= 0.6 is 0 Å². The van der Waals surface area contributed by atoms with Gasteiger partial charge < -0.3 is 19.5 Å². The van der Waals surface area contributed by atoms with Gasteiger partial charge in [0.2, 0.25) is 5.95 Å². The van der Waals surface area contributed by atoms with Gasteiger partial charge in [-0.1, -0.05) is 18.2 Å². The number of para-hydroxylation sites is 1. The molecular formula is C24H26N4O4. The molecule has 1 aliphatic rings. The predicted octanol–water partition coefficient (Wildman–Crippen LogP) is 4.20. The van der Waals surface area contributed by atoms with E-state index in [4.69, 9.17) is 24.3 Å². The Morgan fingerprint density at radius 3 is 2.53 bits per heavy atom. The summed E-state index contributed by atoms with van der Waals surface area (Å²) in [5.74, 6) is 2.10. The van der Waals surface area contributed by atoms with Gasteiger partial charge in [0.1, 0.15) is 17.5 Å². The van der Waals surface area contributed by atoms with Gasteiger partial charge in [-0.15, -0.1) is 5.10 Å². The number of esters is 1. The van der Waals surface area contributed by atoms with Crippen LogP contribution in [0.25, 0.3) is 11.4 Å². The molecule has 0 saturated heterocycles. The fourth-order valence-electron chi connectivity index (χ4n) is 3.79. The maximum absolute atomic E-state index is 12.9. The van der Waals surface area contributed by atoms with Gasteiger partial charge in [-0.2, -0.15) is 4.98 Å². The Hall–Kier alpha value is -3.81. The molecule has 1 unspecified atom stereocenters. The summed E-state index contributed by atoms with van der Waals surface area (Å²) in [5.41, 5.74) is 2.76. The van der Waals surface area contributed by atoms with Gasteiger partial charge in [-0.25, -0.2) is 9.48 Å². The minimum atomic E-state index is -0.551. The second kappa shape index (κ2) is 9.13. The first-order valence-electron chi connectivity index (χ1n) is 10.5. The summed E-state index contributed by atoms with van der Waals surface area (Å²) in [4.78, 5) is 17.6. The molecule has 2 aromatic carbocycles. The van der Waals surface area contributed by atoms with E-state index in [1.807, 2.05) is 62.4 Å². The van der Waals surface area contributed by atoms with Gasteiger partial charge >= 0.3 is 5.97 Å². The van der Waals surface area contributed by atoms with Crippen LogP contribution in [0.3, 0.4) is 0 Å². The Morgan fingerprint density at radius 1 is 1.09 bits per heavy atom. The molecule has 1 aliphatic heterocycles. The third-order valence-electron chi connectivity index (χ3n) is 5.20. The van der Waals surface area contributed by atoms with Gasteiger partial charge in [0.15, 0.2) is 5.82 Å². The normalized spacial score (nSPS) is 15.1. The third-order valence-corrected chi connectivity index (χ3v) is 5.20. The number of fused-ring (bicyclic) bond motifs is 1. The largest absolute Gasteiger partial charge is 0.496 e. The number of hydrogen-bond acceptors (Lipinski definition) is 7. The fourth-order valence-corrected chi connectivity index (χ4v) is 3.79. The summed E-state index contributed by atoms with van der Waals surface area (Å²) in [6.07, 6.45) is 0. The summed E-state index contributed by atoms with van der Waals surface area (Å²) in [6.45, 7) is 6.44. The molecule has 1 atom stereocenters. The van der Waals surface area contributed by atoms with Crippen LogP contribution in [0.5, 0.6) is 11.5 Å². The number of aromatic nitrogens is 3. The number of nitrogens with one attached hydrogen (secondary N) is 1. The highest BCUT2D eigenvalue weighted by molar-refractivity contribution is 5.92. The van der Waals surface area contributed by atoms with Crippen molar-refractivity contribution in [3.8, 4) is 22.9 Å². The van der Waals surface area contributed by atoms with Crippen LogP contribution in [0.2, 0.25) is 0 Å². The average molecular weight is 434 g/mol. The van der Waals surface area contributed by atoms with Crippen LogP contribution in [0.4, 0.5) is 5.95 Å². The minimum Gasteiger partial charge on any atom is -0.496 e. The molecule has 32 heavy (non-hydrogen) atoms. The van der Waals surface area contributed by atoms with Crippen molar-refractivity contribution < 1.29 is 19.0 Å². The molecule has 1 N–H and O–H groups in total. The van der Waals surface area contributed by atoms with E-state index in [0.29, 0.717) is 35.4 Å². The molecular weight excluding hydrogens is 408 g/mol. The number of ether oxygens (including phenoxy) is 3. The topological polar surface area (TPSA) is 87.5 Å². The Labute approximate surface area is 186 Å². The van der Waals surface area contributed by atoms with Crippen molar-refractivity contribution in [3.05, 3.63) is 65.4 Å². The predicted molar refractivity (Wildman–Crippen MR) is 121 cm³/mol. The number of methoxy groups -OCH3 is 1. The van der Waals surface area contributed by atoms with E-state index in [1.165, 1.54) is 0 Å². The van der Waals surface area contributed by atoms with Crippen LogP contribution in [0, 0.1) is 0 Å². The van der Waals surface area contributed by atoms with Crippen LogP contribution in [0.15, 0.2) is 59.8 Å². The van der Waals surface area contributed by atoms with Crippen molar-refractivity contribution >= 4 is 11.9 Å². The van der Waals surface area contributed by atoms with Crippen LogP contribution in [-0.4, -0.2) is 41.1 Å². The second-order valence-corrected chi connectivity index (χ2v) is 7.19. The number of benzene rings is 2. The lowest BCUT2D eigenvalue weighted by molar-refractivity contribution is -0.139. The summed E-state index contributed by atoms with van der Waals surface area (Å²) in [5, 5.41) is 7.97. The van der Waals surface area contributed by atoms with Crippen LogP contribution < -0.4 is 14.8 Å². The maximum atomic E-state index is 12.9. The van der Waals surface area contributed by atoms with E-state index in [9.17, 15) is 4.79 Å². The quantitative estimate of drug-likeness (QED) is 0.558. The van der Waals surface area contributed by atoms with Crippen molar-refractivity contribution in [2.45, 2.75) is 26.8 Å². The Balaban J connectivity index is 1.83. The molecule has 1 aromatic heterocycles. The van der Waals surface area contributed by atoms with Gasteiger partial charge in [0.25, 0.3) is 0 Å². The van der Waals surface area contributed by atoms with E-state index < -0.39 is 12.0 Å². The lowest BCUT2D eigenvalue weighted by Gasteiger charge is -2.28. The van der Waals surface area contributed by atoms with Crippen molar-refractivity contribution in [3.63, 3.8) is 0 Å². The first kappa shape index (κ1) is 21.4. The van der Waals surface area contributed by atoms with Gasteiger partial charge in [0, 0.05) is 16.8 Å². The van der Waals surface area contributed by atoms with Crippen molar-refractivity contribution in [1.82, 2.24) is 14.8 Å². The highest BCUT2D eigenvalue weighted by Crippen LogP contribution is 2.40. The number of carbonyl (C=O) groups is 1. The molecule has 2 heterocycles. The summed E-state index contributed by atoms with van der Waals surface area (Å²) in [7, 11) is 1.61. The molecule has 0 aliphatic carbocycles. The van der Waals surface area contributed by atoms with E-state index in [0.717, 1.165) is 16.9 Å². The fraction of sp³-hybridized carbons (Fsp3) is 0.292. The second-order valence-electron chi connectivity index (χ2n) is 7.19. The number of nitrogens with zero attached hydrogens (tertiary/aromatic N) is 3. The zero-order chi connectivity index (χ0) is 22.7. The summed E-state index contributed by atoms with van der Waals surface area (Å²) in [6, 6.07) is 14.6. The van der Waals surface area contributed by atoms with Crippen molar-refractivity contribution in [1.29, 1.82) is 0 Å². The Bertz CT molecular complexity index is 1150. The molecule has 0 fully saturated rings. The molecule has 3 aromatic rings. The van der Waals surface area contributed by atoms with E-state index >= 15 is 0 Å². The molecule has 8 nitrogen and oxygen atoms in total. The molecule has 4 rings (SSSR count). The first-order chi connectivity index (χ1) is 15.6. The molecule has 0 saturated carbocycles. The smallest absolute Gasteiger partial charge is 0.338 e. The molecule has 0 bridgehead atoms. The van der Waals surface area contributed by atoms with Crippen LogP contribution in [-0.2, 0) is 9.53 Å². The lowest BCUT2D eigenvalue weighted by atomic mass is 9.95. The zero-order valence-corrected chi connectivity index (χ0v) is 18.6. The molecule has 0 spiro atoms. The molecule has 8 heteroatoms. The molecule has 0 amide bonds. The zero-order valence-electron chi connectivity index (χ0n) is 18.6. The minimum absolute atomic E-state index is 0.274. The van der Waals surface area contributed by atoms with Crippen molar-refractivity contribution in [2.24, 2.45) is 0 Å². The van der Waals surface area contributed by atoms with Crippen molar-refractivity contribution in [2.75, 3.05) is 25.6 Å². The third kappa shape index (κ3) is 3.91. The number of anilines is 1. The SMILES string of the molecule is CCOC(=O)C1=C(C)Nc2nc(-c3ccc(OCC)cc3)nn2C1c1ccccc1OC. The maximum Gasteiger partial charge on any atom is 0.338 e. The Kier molecular flexibility index (Phi) is 6.11. The number of allylic oxidation sites excluding steroid dienone is 1. The number of carbonyl (C=O) groups excluding carboxylic acids is 1. The molecule has 166 valence electrons. The molecule has 0 radical (unpaired) electrons. The van der Waals surface area contributed by atoms with Gasteiger partial charge in [0.05, 0.1) is 25.9 Å². The monoisotopic (exact) mass is 434 g/mol. The van der Waals surface area contributed by atoms with Gasteiger partial charge in [-0.3, -0.25) is 0 Å². The standard InChI is InChI=1S/C24H26N4O4/c1-5-31-17-13-11-16(12-14-17)22-26-24-25-15(3)20(23(29)32-6-2)21(28(24)27-22)18-9-7-8-10-19(18)30-4/h7-14,21H,5-6H2,1-4H3,(H,25,26,27). The van der Waals surface area contributed by atoms with Gasteiger partial charge in [-0.05, 0) is 51.1 Å². The highest BCUT2D eigenvalue weighted by Gasteiger charge is 2.36. The van der Waals surface area contributed by atoms with E-state index in [-0.39, 0.29) is 6.61 Å². The summed E-state index contributed by atoms with van der Waals surface area (Å²) < 4.78 is 18.2. The Morgan fingerprint density at radius 2 is 1.84 bits per heavy atom. The summed E-state index contributed by atoms with van der Waals surface area (Å²) >= 11 is 0. The average Bonchev–Trinajstić information content (AvgIpc) is 3.22. The first-order valence-corrected chi connectivity index (χ1v) is 10.5. The van der Waals surface area contributed by atoms with E-state index in [1.54, 1.807) is 18.7 Å². The van der Waals surface area contributed by atoms with E-state index in [2.05, 4.69) is 5.32 Å². The highest BCUT2D eigenvalue weighted by atomic mass is 16.5. The number of hydrogen-bond donors (Lipinski definition) is 1.